The Hall–Kier alpha value is -2.24. The van der Waals surface area contributed by atoms with E-state index in [1.807, 2.05) is 43.3 Å². The third-order valence-electron chi connectivity index (χ3n) is 2.51. The lowest BCUT2D eigenvalue weighted by Crippen LogP contribution is -2.31. The van der Waals surface area contributed by atoms with Crippen molar-refractivity contribution in [2.75, 3.05) is 37.4 Å². The fraction of sp³-hybridized carbons (Fsp3) is 0.385. The van der Waals surface area contributed by atoms with E-state index >= 15 is 0 Å². The molecule has 0 saturated carbocycles. The highest BCUT2D eigenvalue weighted by molar-refractivity contribution is 5.89. The molecule has 1 aromatic rings. The van der Waals surface area contributed by atoms with Crippen LogP contribution in [0.4, 0.5) is 16.2 Å². The highest BCUT2D eigenvalue weighted by Crippen LogP contribution is 2.15. The van der Waals surface area contributed by atoms with Gasteiger partial charge in [-0.25, -0.2) is 4.79 Å². The van der Waals surface area contributed by atoms with Crippen LogP contribution in [0.25, 0.3) is 0 Å². The first-order valence-electron chi connectivity index (χ1n) is 6.13. The molecule has 0 fully saturated rings. The number of anilines is 2. The predicted octanol–water partition coefficient (Wildman–Crippen LogP) is 1.01. The molecule has 19 heavy (non-hydrogen) atoms. The Bertz CT molecular complexity index is 404. The van der Waals surface area contributed by atoms with Crippen LogP contribution in [0.1, 0.15) is 6.42 Å². The quantitative estimate of drug-likeness (QED) is 0.508. The topological polar surface area (TPSA) is 73.5 Å². The number of nitrogens with zero attached hydrogens (tertiary/aromatic N) is 1. The largest absolute Gasteiger partial charge is 0.378 e. The number of nitrogens with one attached hydrogen (secondary N) is 3. The molecule has 6 heteroatoms. The van der Waals surface area contributed by atoms with Crippen LogP contribution in [0.3, 0.4) is 0 Å². The van der Waals surface area contributed by atoms with Gasteiger partial charge >= 0.3 is 6.03 Å². The summed E-state index contributed by atoms with van der Waals surface area (Å²) in [6.07, 6.45) is 1.35. The average Bonchev–Trinajstić information content (AvgIpc) is 2.39. The van der Waals surface area contributed by atoms with E-state index in [9.17, 15) is 9.59 Å². The number of hydrogen-bond acceptors (Lipinski definition) is 3. The first-order chi connectivity index (χ1) is 9.13. The third kappa shape index (κ3) is 5.76. The van der Waals surface area contributed by atoms with E-state index in [1.54, 1.807) is 0 Å². The SMILES string of the molecule is CN(C)c1ccc(NC(=O)NCCCNC=O)cc1. The molecule has 0 spiro atoms. The second kappa shape index (κ2) is 7.97. The normalized spacial score (nSPS) is 9.58. The zero-order chi connectivity index (χ0) is 14.1. The van der Waals surface area contributed by atoms with Crippen molar-refractivity contribution >= 4 is 23.8 Å². The van der Waals surface area contributed by atoms with Gasteiger partial charge in [0.2, 0.25) is 6.41 Å². The fourth-order valence-electron chi connectivity index (χ4n) is 1.47. The Labute approximate surface area is 113 Å². The number of carbonyl (C=O) groups is 2. The Balaban J connectivity index is 2.29. The van der Waals surface area contributed by atoms with Gasteiger partial charge in [0.25, 0.3) is 0 Å². The van der Waals surface area contributed by atoms with Crippen LogP contribution in [-0.2, 0) is 4.79 Å². The maximum Gasteiger partial charge on any atom is 0.319 e. The summed E-state index contributed by atoms with van der Waals surface area (Å²) in [5.74, 6) is 0. The summed E-state index contributed by atoms with van der Waals surface area (Å²) in [5.41, 5.74) is 1.82. The van der Waals surface area contributed by atoms with Crippen LogP contribution in [0.2, 0.25) is 0 Å². The van der Waals surface area contributed by atoms with Gasteiger partial charge < -0.3 is 20.9 Å². The summed E-state index contributed by atoms with van der Waals surface area (Å²) >= 11 is 0. The molecular formula is C13H20N4O2. The number of benzene rings is 1. The Morgan fingerprint density at radius 2 is 1.89 bits per heavy atom. The average molecular weight is 264 g/mol. The van der Waals surface area contributed by atoms with E-state index in [4.69, 9.17) is 0 Å². The second-order valence-corrected chi connectivity index (χ2v) is 4.25. The number of carbonyl (C=O) groups excluding carboxylic acids is 2. The third-order valence-corrected chi connectivity index (χ3v) is 2.51. The fourth-order valence-corrected chi connectivity index (χ4v) is 1.47. The lowest BCUT2D eigenvalue weighted by Gasteiger charge is -2.13. The van der Waals surface area contributed by atoms with Gasteiger partial charge in [-0.3, -0.25) is 4.79 Å². The van der Waals surface area contributed by atoms with Gasteiger partial charge in [0.1, 0.15) is 0 Å². The summed E-state index contributed by atoms with van der Waals surface area (Å²) in [6, 6.07) is 7.32. The number of urea groups is 1. The van der Waals surface area contributed by atoms with Crippen molar-refractivity contribution in [1.29, 1.82) is 0 Å². The molecule has 0 aromatic heterocycles. The molecule has 0 aliphatic carbocycles. The molecule has 1 rings (SSSR count). The van der Waals surface area contributed by atoms with Gasteiger partial charge in [0.05, 0.1) is 0 Å². The molecule has 0 bridgehead atoms. The van der Waals surface area contributed by atoms with E-state index in [0.717, 1.165) is 11.4 Å². The molecule has 0 heterocycles. The summed E-state index contributed by atoms with van der Waals surface area (Å²) in [4.78, 5) is 23.5. The molecule has 3 N–H and O–H groups in total. The van der Waals surface area contributed by atoms with Crippen molar-refractivity contribution in [3.05, 3.63) is 24.3 Å². The van der Waals surface area contributed by atoms with Crippen molar-refractivity contribution in [3.63, 3.8) is 0 Å². The van der Waals surface area contributed by atoms with E-state index in [1.165, 1.54) is 0 Å². The zero-order valence-electron chi connectivity index (χ0n) is 11.3. The Kier molecular flexibility index (Phi) is 6.21. The first kappa shape index (κ1) is 14.8. The summed E-state index contributed by atoms with van der Waals surface area (Å²) in [6.45, 7) is 1.07. The maximum atomic E-state index is 11.5. The molecule has 0 radical (unpaired) electrons. The molecule has 0 saturated heterocycles. The van der Waals surface area contributed by atoms with E-state index < -0.39 is 0 Å². The molecular weight excluding hydrogens is 244 g/mol. The lowest BCUT2D eigenvalue weighted by molar-refractivity contribution is -0.109. The van der Waals surface area contributed by atoms with E-state index in [2.05, 4.69) is 16.0 Å². The molecule has 0 aliphatic rings. The van der Waals surface area contributed by atoms with Crippen LogP contribution >= 0.6 is 0 Å². The van der Waals surface area contributed by atoms with Crippen LogP contribution in [0, 0.1) is 0 Å². The number of rotatable bonds is 7. The first-order valence-corrected chi connectivity index (χ1v) is 6.13. The maximum absolute atomic E-state index is 11.5. The van der Waals surface area contributed by atoms with Gasteiger partial charge in [-0.1, -0.05) is 0 Å². The summed E-state index contributed by atoms with van der Waals surface area (Å²) in [5, 5.41) is 7.98. The molecule has 0 aliphatic heterocycles. The standard InChI is InChI=1S/C13H20N4O2/c1-17(2)12-6-4-11(5-7-12)16-13(19)15-9-3-8-14-10-18/h4-7,10H,3,8-9H2,1-2H3,(H,14,18)(H2,15,16,19). The minimum Gasteiger partial charge on any atom is -0.378 e. The van der Waals surface area contributed by atoms with Crippen molar-refractivity contribution in [2.45, 2.75) is 6.42 Å². The molecule has 3 amide bonds. The van der Waals surface area contributed by atoms with E-state index in [-0.39, 0.29) is 6.03 Å². The second-order valence-electron chi connectivity index (χ2n) is 4.25. The highest BCUT2D eigenvalue weighted by Gasteiger charge is 2.01. The van der Waals surface area contributed by atoms with Crippen LogP contribution < -0.4 is 20.9 Å². The Morgan fingerprint density at radius 3 is 2.47 bits per heavy atom. The minimum atomic E-state index is -0.247. The molecule has 104 valence electrons. The smallest absolute Gasteiger partial charge is 0.319 e. The van der Waals surface area contributed by atoms with Crippen molar-refractivity contribution in [1.82, 2.24) is 10.6 Å². The van der Waals surface area contributed by atoms with Gasteiger partial charge in [-0.15, -0.1) is 0 Å². The zero-order valence-corrected chi connectivity index (χ0v) is 11.3. The van der Waals surface area contributed by atoms with Crippen molar-refractivity contribution in [2.24, 2.45) is 0 Å². The van der Waals surface area contributed by atoms with E-state index in [0.29, 0.717) is 25.9 Å². The Morgan fingerprint density at radius 1 is 1.21 bits per heavy atom. The van der Waals surface area contributed by atoms with Gasteiger partial charge in [-0.05, 0) is 30.7 Å². The monoisotopic (exact) mass is 264 g/mol. The van der Waals surface area contributed by atoms with Gasteiger partial charge in [-0.2, -0.15) is 0 Å². The van der Waals surface area contributed by atoms with Crippen molar-refractivity contribution in [3.8, 4) is 0 Å². The number of hydrogen-bond donors (Lipinski definition) is 3. The summed E-state index contributed by atoms with van der Waals surface area (Å²) in [7, 11) is 3.92. The molecule has 6 nitrogen and oxygen atoms in total. The van der Waals surface area contributed by atoms with Gasteiger partial charge in [0, 0.05) is 38.6 Å². The lowest BCUT2D eigenvalue weighted by atomic mass is 10.2. The molecule has 0 unspecified atom stereocenters. The summed E-state index contributed by atoms with van der Waals surface area (Å²) < 4.78 is 0. The van der Waals surface area contributed by atoms with Crippen molar-refractivity contribution < 1.29 is 9.59 Å². The van der Waals surface area contributed by atoms with Crippen LogP contribution in [0.5, 0.6) is 0 Å². The van der Waals surface area contributed by atoms with Gasteiger partial charge in [0.15, 0.2) is 0 Å². The molecule has 0 atom stereocenters. The number of amides is 3. The highest BCUT2D eigenvalue weighted by atomic mass is 16.2. The predicted molar refractivity (Wildman–Crippen MR) is 76.5 cm³/mol. The molecule has 1 aromatic carbocycles. The van der Waals surface area contributed by atoms with Crippen LogP contribution in [0.15, 0.2) is 24.3 Å². The van der Waals surface area contributed by atoms with Crippen LogP contribution in [-0.4, -0.2) is 39.6 Å². The minimum absolute atomic E-state index is 0.247.